The maximum absolute atomic E-state index is 12.8. The highest BCUT2D eigenvalue weighted by atomic mass is 16.2. The highest BCUT2D eigenvalue weighted by molar-refractivity contribution is 6.06. The molecule has 1 N–H and O–H groups in total. The van der Waals surface area contributed by atoms with Crippen LogP contribution in [-0.2, 0) is 6.42 Å². The zero-order valence-electron chi connectivity index (χ0n) is 15.0. The molecule has 3 heterocycles. The van der Waals surface area contributed by atoms with Crippen LogP contribution in [0.25, 0.3) is 10.9 Å². The summed E-state index contributed by atoms with van der Waals surface area (Å²) in [4.78, 5) is 27.8. The number of hydrogen-bond donors (Lipinski definition) is 1. The topological polar surface area (TPSA) is 71.0 Å². The number of carbonyl (C=O) groups excluding carboxylic acids is 1. The van der Waals surface area contributed by atoms with Crippen molar-refractivity contribution in [3.63, 3.8) is 0 Å². The normalized spacial score (nSPS) is 12.8. The number of benzene rings is 2. The van der Waals surface area contributed by atoms with Gasteiger partial charge in [0.05, 0.1) is 23.6 Å². The third-order valence-corrected chi connectivity index (χ3v) is 4.90. The molecule has 0 saturated carbocycles. The summed E-state index contributed by atoms with van der Waals surface area (Å²) in [6.45, 7) is 0.668. The van der Waals surface area contributed by atoms with E-state index in [0.29, 0.717) is 18.1 Å². The Labute approximate surface area is 161 Å². The van der Waals surface area contributed by atoms with Gasteiger partial charge in [0, 0.05) is 23.8 Å². The van der Waals surface area contributed by atoms with Crippen LogP contribution in [0.3, 0.4) is 0 Å². The molecule has 28 heavy (non-hydrogen) atoms. The second-order valence-corrected chi connectivity index (χ2v) is 6.63. The van der Waals surface area contributed by atoms with Gasteiger partial charge in [-0.2, -0.15) is 0 Å². The summed E-state index contributed by atoms with van der Waals surface area (Å²) in [7, 11) is 0. The minimum absolute atomic E-state index is 0.129. The van der Waals surface area contributed by atoms with Crippen molar-refractivity contribution in [3.8, 4) is 0 Å². The summed E-state index contributed by atoms with van der Waals surface area (Å²) < 4.78 is 0. The van der Waals surface area contributed by atoms with E-state index in [0.717, 1.165) is 28.7 Å². The molecule has 5 rings (SSSR count). The lowest BCUT2D eigenvalue weighted by atomic mass is 10.2. The molecule has 0 spiro atoms. The van der Waals surface area contributed by atoms with Crippen molar-refractivity contribution >= 4 is 34.0 Å². The lowest BCUT2D eigenvalue weighted by Crippen LogP contribution is -2.29. The van der Waals surface area contributed by atoms with Crippen LogP contribution in [0.2, 0.25) is 0 Å². The first kappa shape index (κ1) is 16.4. The number of rotatable bonds is 3. The second kappa shape index (κ2) is 6.74. The third-order valence-electron chi connectivity index (χ3n) is 4.90. The predicted molar refractivity (Wildman–Crippen MR) is 109 cm³/mol. The molecule has 0 unspecified atom stereocenters. The van der Waals surface area contributed by atoms with Gasteiger partial charge in [-0.3, -0.25) is 9.78 Å². The van der Waals surface area contributed by atoms with Crippen LogP contribution in [-0.4, -0.2) is 27.4 Å². The molecule has 4 aromatic rings. The summed E-state index contributed by atoms with van der Waals surface area (Å²) in [5.74, 6) is 0.437. The summed E-state index contributed by atoms with van der Waals surface area (Å²) in [5.41, 5.74) is 4.18. The van der Waals surface area contributed by atoms with Gasteiger partial charge < -0.3 is 10.2 Å². The number of carbonyl (C=O) groups is 1. The first-order chi connectivity index (χ1) is 13.8. The standard InChI is InChI=1S/C22H17N5O/c28-22(27-12-10-15-5-1-2-9-19(15)27)18-13-25-20(14-24-18)26-17-8-3-6-16-7-4-11-23-21(16)17/h1-9,11,13-14H,10,12H2,(H,25,26). The average molecular weight is 367 g/mol. The summed E-state index contributed by atoms with van der Waals surface area (Å²) in [6.07, 6.45) is 5.72. The van der Waals surface area contributed by atoms with Crippen molar-refractivity contribution in [1.82, 2.24) is 15.0 Å². The Morgan fingerprint density at radius 1 is 0.929 bits per heavy atom. The maximum atomic E-state index is 12.8. The quantitative estimate of drug-likeness (QED) is 0.593. The molecule has 0 fully saturated rings. The van der Waals surface area contributed by atoms with Gasteiger partial charge in [0.2, 0.25) is 0 Å². The van der Waals surface area contributed by atoms with E-state index < -0.39 is 0 Å². The molecule has 1 aliphatic rings. The minimum atomic E-state index is -0.129. The Morgan fingerprint density at radius 2 is 1.82 bits per heavy atom. The van der Waals surface area contributed by atoms with Crippen LogP contribution in [0.1, 0.15) is 16.1 Å². The zero-order chi connectivity index (χ0) is 18.9. The summed E-state index contributed by atoms with van der Waals surface area (Å²) >= 11 is 0. The first-order valence-electron chi connectivity index (χ1n) is 9.12. The molecule has 2 aromatic heterocycles. The Hall–Kier alpha value is -3.80. The molecule has 1 amide bonds. The molecule has 0 bridgehead atoms. The Balaban J connectivity index is 1.38. The van der Waals surface area contributed by atoms with E-state index in [9.17, 15) is 4.79 Å². The van der Waals surface area contributed by atoms with E-state index in [1.807, 2.05) is 48.5 Å². The van der Waals surface area contributed by atoms with E-state index in [1.54, 1.807) is 17.3 Å². The number of pyridine rings is 1. The smallest absolute Gasteiger partial charge is 0.278 e. The fourth-order valence-electron chi connectivity index (χ4n) is 3.53. The van der Waals surface area contributed by atoms with Gasteiger partial charge in [0.1, 0.15) is 11.5 Å². The van der Waals surface area contributed by atoms with Crippen molar-refractivity contribution in [2.24, 2.45) is 0 Å². The monoisotopic (exact) mass is 367 g/mol. The van der Waals surface area contributed by atoms with Crippen molar-refractivity contribution in [2.45, 2.75) is 6.42 Å². The number of hydrogen-bond acceptors (Lipinski definition) is 5. The van der Waals surface area contributed by atoms with E-state index in [2.05, 4.69) is 26.3 Å². The molecule has 2 aromatic carbocycles. The van der Waals surface area contributed by atoms with Crippen molar-refractivity contribution in [2.75, 3.05) is 16.8 Å². The van der Waals surface area contributed by atoms with Gasteiger partial charge in [-0.05, 0) is 30.2 Å². The van der Waals surface area contributed by atoms with Crippen molar-refractivity contribution < 1.29 is 4.79 Å². The molecule has 0 aliphatic carbocycles. The van der Waals surface area contributed by atoms with E-state index in [-0.39, 0.29) is 5.91 Å². The molecular weight excluding hydrogens is 350 g/mol. The second-order valence-electron chi connectivity index (χ2n) is 6.63. The fourth-order valence-corrected chi connectivity index (χ4v) is 3.53. The SMILES string of the molecule is O=C(c1cnc(Nc2cccc3cccnc23)cn1)N1CCc2ccccc21. The van der Waals surface area contributed by atoms with Crippen LogP contribution in [0.4, 0.5) is 17.2 Å². The lowest BCUT2D eigenvalue weighted by molar-refractivity contribution is 0.0984. The number of para-hydroxylation sites is 2. The molecule has 6 heteroatoms. The molecular formula is C22H17N5O. The molecule has 0 atom stereocenters. The first-order valence-corrected chi connectivity index (χ1v) is 9.12. The van der Waals surface area contributed by atoms with Gasteiger partial charge in [0.15, 0.2) is 0 Å². The predicted octanol–water partition coefficient (Wildman–Crippen LogP) is 3.97. The average Bonchev–Trinajstić information content (AvgIpc) is 3.18. The number of anilines is 3. The van der Waals surface area contributed by atoms with Crippen LogP contribution >= 0.6 is 0 Å². The Morgan fingerprint density at radius 3 is 2.71 bits per heavy atom. The number of aromatic nitrogens is 3. The summed E-state index contributed by atoms with van der Waals surface area (Å²) in [6, 6.07) is 17.8. The van der Waals surface area contributed by atoms with Gasteiger partial charge in [-0.15, -0.1) is 0 Å². The van der Waals surface area contributed by atoms with Crippen LogP contribution in [0, 0.1) is 0 Å². The summed E-state index contributed by atoms with van der Waals surface area (Å²) in [5, 5.41) is 4.28. The van der Waals surface area contributed by atoms with Crippen LogP contribution in [0.15, 0.2) is 73.2 Å². The fraction of sp³-hybridized carbons (Fsp3) is 0.0909. The van der Waals surface area contributed by atoms with Gasteiger partial charge in [-0.25, -0.2) is 9.97 Å². The number of fused-ring (bicyclic) bond motifs is 2. The van der Waals surface area contributed by atoms with Crippen LogP contribution in [0.5, 0.6) is 0 Å². The molecule has 6 nitrogen and oxygen atoms in total. The van der Waals surface area contributed by atoms with E-state index in [1.165, 1.54) is 11.8 Å². The Kier molecular flexibility index (Phi) is 3.94. The third kappa shape index (κ3) is 2.85. The molecule has 0 saturated heterocycles. The zero-order valence-corrected chi connectivity index (χ0v) is 15.0. The van der Waals surface area contributed by atoms with Gasteiger partial charge in [-0.1, -0.05) is 36.4 Å². The molecule has 0 radical (unpaired) electrons. The lowest BCUT2D eigenvalue weighted by Gasteiger charge is -2.16. The Bertz CT molecular complexity index is 1170. The van der Waals surface area contributed by atoms with E-state index in [4.69, 9.17) is 0 Å². The van der Waals surface area contributed by atoms with Gasteiger partial charge in [0.25, 0.3) is 5.91 Å². The molecule has 136 valence electrons. The maximum Gasteiger partial charge on any atom is 0.278 e. The number of amides is 1. The highest BCUT2D eigenvalue weighted by Gasteiger charge is 2.26. The minimum Gasteiger partial charge on any atom is -0.337 e. The van der Waals surface area contributed by atoms with Crippen LogP contribution < -0.4 is 10.2 Å². The van der Waals surface area contributed by atoms with Gasteiger partial charge >= 0.3 is 0 Å². The number of nitrogens with zero attached hydrogens (tertiary/aromatic N) is 4. The molecule has 1 aliphatic heterocycles. The van der Waals surface area contributed by atoms with Crippen molar-refractivity contribution in [3.05, 3.63) is 84.4 Å². The van der Waals surface area contributed by atoms with E-state index >= 15 is 0 Å². The highest BCUT2D eigenvalue weighted by Crippen LogP contribution is 2.28. The van der Waals surface area contributed by atoms with Crippen molar-refractivity contribution in [1.29, 1.82) is 0 Å². The number of nitrogens with one attached hydrogen (secondary N) is 1. The largest absolute Gasteiger partial charge is 0.337 e.